The van der Waals surface area contributed by atoms with Crippen LogP contribution in [-0.2, 0) is 0 Å². The van der Waals surface area contributed by atoms with E-state index >= 15 is 0 Å². The van der Waals surface area contributed by atoms with Gasteiger partial charge in [0.25, 0.3) is 5.69 Å². The van der Waals surface area contributed by atoms with Gasteiger partial charge in [-0.2, -0.15) is 0 Å². The number of nitro groups is 1. The first-order chi connectivity index (χ1) is 7.72. The van der Waals surface area contributed by atoms with E-state index in [4.69, 9.17) is 5.73 Å². The summed E-state index contributed by atoms with van der Waals surface area (Å²) in [5, 5.41) is 10.9. The number of nitrogens with zero attached hydrogens (tertiary/aromatic N) is 2. The molecule has 1 aromatic carbocycles. The molecule has 1 saturated heterocycles. The predicted octanol–water partition coefficient (Wildman–Crippen LogP) is 1.38. The topological polar surface area (TPSA) is 72.4 Å². The maximum absolute atomic E-state index is 10.9. The second kappa shape index (κ2) is 4.49. The molecule has 5 heteroatoms. The Labute approximate surface area is 94.0 Å². The summed E-state index contributed by atoms with van der Waals surface area (Å²) in [7, 11) is 0. The molecule has 1 aliphatic heterocycles. The smallest absolute Gasteiger partial charge is 0.292 e. The average molecular weight is 221 g/mol. The molecule has 5 nitrogen and oxygen atoms in total. The molecule has 1 aromatic rings. The molecule has 1 heterocycles. The number of nitro benzene ring substituents is 1. The molecule has 86 valence electrons. The van der Waals surface area contributed by atoms with Crippen molar-refractivity contribution in [3.8, 4) is 0 Å². The summed E-state index contributed by atoms with van der Waals surface area (Å²) in [6.07, 6.45) is 1.02. The van der Waals surface area contributed by atoms with Crippen molar-refractivity contribution in [2.24, 2.45) is 11.7 Å². The first kappa shape index (κ1) is 10.9. The molecule has 16 heavy (non-hydrogen) atoms. The first-order valence-electron chi connectivity index (χ1n) is 5.41. The van der Waals surface area contributed by atoms with Crippen LogP contribution in [0, 0.1) is 16.0 Å². The largest absolute Gasteiger partial charge is 0.366 e. The highest BCUT2D eigenvalue weighted by Gasteiger charge is 2.26. The van der Waals surface area contributed by atoms with E-state index in [1.54, 1.807) is 18.2 Å². The molecule has 2 rings (SSSR count). The highest BCUT2D eigenvalue weighted by Crippen LogP contribution is 2.31. The Hall–Kier alpha value is -1.62. The van der Waals surface area contributed by atoms with Gasteiger partial charge in [0.05, 0.1) is 4.92 Å². The van der Waals surface area contributed by atoms with Gasteiger partial charge in [-0.15, -0.1) is 0 Å². The number of nitrogens with two attached hydrogens (primary N) is 1. The fourth-order valence-electron chi connectivity index (χ4n) is 2.13. The summed E-state index contributed by atoms with van der Waals surface area (Å²) in [5.74, 6) is 0.458. The average Bonchev–Trinajstić information content (AvgIpc) is 2.77. The maximum Gasteiger partial charge on any atom is 0.292 e. The van der Waals surface area contributed by atoms with E-state index in [-0.39, 0.29) is 10.6 Å². The van der Waals surface area contributed by atoms with Gasteiger partial charge in [-0.25, -0.2) is 0 Å². The SMILES string of the molecule is NCC1CCN(c2ccccc2[N+](=O)[O-])C1. The van der Waals surface area contributed by atoms with Crippen LogP contribution in [0.1, 0.15) is 6.42 Å². The van der Waals surface area contributed by atoms with Crippen molar-refractivity contribution >= 4 is 11.4 Å². The van der Waals surface area contributed by atoms with Crippen molar-refractivity contribution in [2.45, 2.75) is 6.42 Å². The highest BCUT2D eigenvalue weighted by atomic mass is 16.6. The number of benzene rings is 1. The van der Waals surface area contributed by atoms with Gasteiger partial charge in [0.15, 0.2) is 0 Å². The molecular weight excluding hydrogens is 206 g/mol. The minimum absolute atomic E-state index is 0.181. The Bertz CT molecular complexity index is 395. The minimum Gasteiger partial charge on any atom is -0.366 e. The van der Waals surface area contributed by atoms with E-state index in [2.05, 4.69) is 4.90 Å². The van der Waals surface area contributed by atoms with E-state index in [1.807, 2.05) is 6.07 Å². The van der Waals surface area contributed by atoms with Crippen LogP contribution in [0.4, 0.5) is 11.4 Å². The van der Waals surface area contributed by atoms with E-state index in [9.17, 15) is 10.1 Å². The Balaban J connectivity index is 2.24. The zero-order chi connectivity index (χ0) is 11.5. The van der Waals surface area contributed by atoms with Gasteiger partial charge in [-0.3, -0.25) is 10.1 Å². The van der Waals surface area contributed by atoms with Crippen LogP contribution in [0.25, 0.3) is 0 Å². The van der Waals surface area contributed by atoms with Crippen LogP contribution in [0.3, 0.4) is 0 Å². The number of rotatable bonds is 3. The third-order valence-corrected chi connectivity index (χ3v) is 3.04. The lowest BCUT2D eigenvalue weighted by Crippen LogP contribution is -2.23. The summed E-state index contributed by atoms with van der Waals surface area (Å²) < 4.78 is 0. The molecule has 2 N–H and O–H groups in total. The van der Waals surface area contributed by atoms with Crippen LogP contribution in [0.2, 0.25) is 0 Å². The third kappa shape index (κ3) is 1.99. The lowest BCUT2D eigenvalue weighted by Gasteiger charge is -2.18. The fourth-order valence-corrected chi connectivity index (χ4v) is 2.13. The van der Waals surface area contributed by atoms with Crippen LogP contribution >= 0.6 is 0 Å². The first-order valence-corrected chi connectivity index (χ1v) is 5.41. The molecule has 1 unspecified atom stereocenters. The molecule has 1 aliphatic rings. The van der Waals surface area contributed by atoms with Crippen molar-refractivity contribution < 1.29 is 4.92 Å². The number of hydrogen-bond donors (Lipinski definition) is 1. The van der Waals surface area contributed by atoms with Crippen molar-refractivity contribution in [1.82, 2.24) is 0 Å². The second-order valence-corrected chi connectivity index (χ2v) is 4.08. The summed E-state index contributed by atoms with van der Waals surface area (Å²) in [6, 6.07) is 6.87. The molecular formula is C11H15N3O2. The van der Waals surface area contributed by atoms with Crippen LogP contribution in [-0.4, -0.2) is 24.6 Å². The van der Waals surface area contributed by atoms with Crippen molar-refractivity contribution in [3.05, 3.63) is 34.4 Å². The molecule has 0 spiro atoms. The lowest BCUT2D eigenvalue weighted by molar-refractivity contribution is -0.384. The predicted molar refractivity (Wildman–Crippen MR) is 62.5 cm³/mol. The molecule has 0 amide bonds. The number of para-hydroxylation sites is 2. The third-order valence-electron chi connectivity index (χ3n) is 3.04. The lowest BCUT2D eigenvalue weighted by atomic mass is 10.1. The normalized spacial score (nSPS) is 20.1. The fraction of sp³-hybridized carbons (Fsp3) is 0.455. The van der Waals surface area contributed by atoms with Gasteiger partial charge >= 0.3 is 0 Å². The van der Waals surface area contributed by atoms with Gasteiger partial charge in [0, 0.05) is 19.2 Å². The van der Waals surface area contributed by atoms with Gasteiger partial charge < -0.3 is 10.6 Å². The van der Waals surface area contributed by atoms with Crippen molar-refractivity contribution in [2.75, 3.05) is 24.5 Å². The van der Waals surface area contributed by atoms with E-state index < -0.39 is 0 Å². The Morgan fingerprint density at radius 2 is 2.25 bits per heavy atom. The molecule has 1 atom stereocenters. The monoisotopic (exact) mass is 221 g/mol. The molecule has 0 saturated carbocycles. The van der Waals surface area contributed by atoms with Gasteiger partial charge in [-0.1, -0.05) is 12.1 Å². The highest BCUT2D eigenvalue weighted by molar-refractivity contribution is 5.63. The minimum atomic E-state index is -0.328. The standard InChI is InChI=1S/C11H15N3O2/c12-7-9-5-6-13(8-9)10-3-1-2-4-11(10)14(15)16/h1-4,9H,5-8,12H2. The van der Waals surface area contributed by atoms with Crippen LogP contribution < -0.4 is 10.6 Å². The van der Waals surface area contributed by atoms with Crippen molar-refractivity contribution in [1.29, 1.82) is 0 Å². The Morgan fingerprint density at radius 1 is 1.50 bits per heavy atom. The van der Waals surface area contributed by atoms with E-state index in [0.29, 0.717) is 18.2 Å². The summed E-state index contributed by atoms with van der Waals surface area (Å²) in [4.78, 5) is 12.6. The van der Waals surface area contributed by atoms with Gasteiger partial charge in [0.2, 0.25) is 0 Å². The zero-order valence-corrected chi connectivity index (χ0v) is 9.00. The quantitative estimate of drug-likeness (QED) is 0.618. The Kier molecular flexibility index (Phi) is 3.05. The van der Waals surface area contributed by atoms with Crippen LogP contribution in [0.5, 0.6) is 0 Å². The molecule has 0 radical (unpaired) electrons. The van der Waals surface area contributed by atoms with Gasteiger partial charge in [0.1, 0.15) is 5.69 Å². The Morgan fingerprint density at radius 3 is 2.88 bits per heavy atom. The second-order valence-electron chi connectivity index (χ2n) is 4.08. The summed E-state index contributed by atoms with van der Waals surface area (Å²) in [5.41, 5.74) is 6.50. The number of anilines is 1. The van der Waals surface area contributed by atoms with Crippen molar-refractivity contribution in [3.63, 3.8) is 0 Å². The maximum atomic E-state index is 10.9. The molecule has 0 bridgehead atoms. The van der Waals surface area contributed by atoms with Crippen LogP contribution in [0.15, 0.2) is 24.3 Å². The van der Waals surface area contributed by atoms with E-state index in [0.717, 1.165) is 19.5 Å². The number of hydrogen-bond acceptors (Lipinski definition) is 4. The molecule has 1 fully saturated rings. The zero-order valence-electron chi connectivity index (χ0n) is 9.00. The molecule has 0 aliphatic carbocycles. The molecule has 0 aromatic heterocycles. The summed E-state index contributed by atoms with van der Waals surface area (Å²) >= 11 is 0. The van der Waals surface area contributed by atoms with E-state index in [1.165, 1.54) is 0 Å². The summed E-state index contributed by atoms with van der Waals surface area (Å²) in [6.45, 7) is 2.32. The van der Waals surface area contributed by atoms with Gasteiger partial charge in [-0.05, 0) is 24.9 Å².